The van der Waals surface area contributed by atoms with Crippen molar-refractivity contribution in [2.24, 2.45) is 0 Å². The van der Waals surface area contributed by atoms with Crippen LogP contribution in [-0.4, -0.2) is 26.7 Å². The van der Waals surface area contributed by atoms with Crippen LogP contribution in [0.15, 0.2) is 36.5 Å². The third kappa shape index (κ3) is 3.54. The zero-order valence-corrected chi connectivity index (χ0v) is 12.4. The van der Waals surface area contributed by atoms with Crippen LogP contribution in [0, 0.1) is 0 Å². The van der Waals surface area contributed by atoms with Gasteiger partial charge in [-0.15, -0.1) is 0 Å². The number of nitrogens with zero attached hydrogens (tertiary/aromatic N) is 2. The van der Waals surface area contributed by atoms with E-state index in [-0.39, 0.29) is 5.75 Å². The van der Waals surface area contributed by atoms with Crippen molar-refractivity contribution in [3.05, 3.63) is 47.8 Å². The van der Waals surface area contributed by atoms with E-state index in [2.05, 4.69) is 15.3 Å². The molecule has 0 saturated heterocycles. The summed E-state index contributed by atoms with van der Waals surface area (Å²) in [5.41, 5.74) is 1.75. The van der Waals surface area contributed by atoms with Gasteiger partial charge in [-0.1, -0.05) is 25.0 Å². The number of hydrogen-bond acceptors (Lipinski definition) is 5. The molecule has 0 radical (unpaired) electrons. The summed E-state index contributed by atoms with van der Waals surface area (Å²) in [7, 11) is 0. The summed E-state index contributed by atoms with van der Waals surface area (Å²) in [4.78, 5) is 8.77. The third-order valence-corrected chi connectivity index (χ3v) is 4.16. The van der Waals surface area contributed by atoms with Gasteiger partial charge in [-0.2, -0.15) is 0 Å². The smallest absolute Gasteiger partial charge is 0.222 e. The first kappa shape index (κ1) is 14.8. The van der Waals surface area contributed by atoms with E-state index in [1.54, 1.807) is 30.5 Å². The lowest BCUT2D eigenvalue weighted by atomic mass is 10.0. The summed E-state index contributed by atoms with van der Waals surface area (Å²) in [6, 6.07) is 8.61. The van der Waals surface area contributed by atoms with Crippen LogP contribution in [0.5, 0.6) is 5.75 Å². The number of nitrogens with one attached hydrogen (secondary N) is 1. The summed E-state index contributed by atoms with van der Waals surface area (Å²) in [6.07, 6.45) is 5.99. The standard InChI is InChI=1S/C17H21N3O2/c21-14-7-3-6-13(10-14)16(22)11-19-17-18-9-8-15(20-17)12-4-1-2-5-12/h3,6-10,12,16,21-22H,1-2,4-5,11H2,(H,18,19,20)/t16-/m0/s1. The largest absolute Gasteiger partial charge is 0.508 e. The predicted octanol–water partition coefficient (Wildman–Crippen LogP) is 2.99. The van der Waals surface area contributed by atoms with E-state index >= 15 is 0 Å². The molecule has 1 aliphatic rings. The SMILES string of the molecule is Oc1cccc([C@@H](O)CNc2nccc(C3CCCC3)n2)c1. The molecule has 116 valence electrons. The molecule has 1 aliphatic carbocycles. The highest BCUT2D eigenvalue weighted by Crippen LogP contribution is 2.33. The van der Waals surface area contributed by atoms with Crippen molar-refractivity contribution in [2.75, 3.05) is 11.9 Å². The number of benzene rings is 1. The number of phenols is 1. The van der Waals surface area contributed by atoms with Crippen molar-refractivity contribution in [1.29, 1.82) is 0 Å². The van der Waals surface area contributed by atoms with Crippen LogP contribution in [0.3, 0.4) is 0 Å². The molecular weight excluding hydrogens is 278 g/mol. The van der Waals surface area contributed by atoms with Crippen molar-refractivity contribution in [1.82, 2.24) is 9.97 Å². The van der Waals surface area contributed by atoms with Gasteiger partial charge in [0, 0.05) is 24.4 Å². The molecule has 5 heteroatoms. The van der Waals surface area contributed by atoms with Crippen LogP contribution >= 0.6 is 0 Å². The Morgan fingerprint density at radius 2 is 2.05 bits per heavy atom. The molecule has 0 amide bonds. The quantitative estimate of drug-likeness (QED) is 0.791. The van der Waals surface area contributed by atoms with Gasteiger partial charge in [0.2, 0.25) is 5.95 Å². The molecular formula is C17H21N3O2. The Kier molecular flexibility index (Phi) is 4.53. The maximum absolute atomic E-state index is 10.2. The Hall–Kier alpha value is -2.14. The lowest BCUT2D eigenvalue weighted by molar-refractivity contribution is 0.191. The van der Waals surface area contributed by atoms with E-state index in [4.69, 9.17) is 0 Å². The molecule has 0 aliphatic heterocycles. The van der Waals surface area contributed by atoms with Crippen molar-refractivity contribution in [2.45, 2.75) is 37.7 Å². The van der Waals surface area contributed by atoms with Gasteiger partial charge in [0.15, 0.2) is 0 Å². The molecule has 1 fully saturated rings. The van der Waals surface area contributed by atoms with Crippen LogP contribution in [0.4, 0.5) is 5.95 Å². The molecule has 0 bridgehead atoms. The molecule has 3 rings (SSSR count). The van der Waals surface area contributed by atoms with Gasteiger partial charge in [0.1, 0.15) is 5.75 Å². The third-order valence-electron chi connectivity index (χ3n) is 4.16. The van der Waals surface area contributed by atoms with Crippen molar-refractivity contribution in [3.8, 4) is 5.75 Å². The molecule has 1 heterocycles. The van der Waals surface area contributed by atoms with Gasteiger partial charge in [-0.3, -0.25) is 0 Å². The number of aliphatic hydroxyl groups is 1. The molecule has 22 heavy (non-hydrogen) atoms. The minimum Gasteiger partial charge on any atom is -0.508 e. The molecule has 0 unspecified atom stereocenters. The second-order valence-electron chi connectivity index (χ2n) is 5.78. The second kappa shape index (κ2) is 6.75. The molecule has 3 N–H and O–H groups in total. The van der Waals surface area contributed by atoms with Crippen LogP contribution in [0.2, 0.25) is 0 Å². The van der Waals surface area contributed by atoms with Crippen LogP contribution in [0.1, 0.15) is 49.0 Å². The van der Waals surface area contributed by atoms with Gasteiger partial charge in [0.05, 0.1) is 6.10 Å². The molecule has 5 nitrogen and oxygen atoms in total. The lowest BCUT2D eigenvalue weighted by Gasteiger charge is -2.14. The molecule has 1 saturated carbocycles. The summed E-state index contributed by atoms with van der Waals surface area (Å²) in [5.74, 6) is 1.24. The fourth-order valence-corrected chi connectivity index (χ4v) is 2.94. The normalized spacial score (nSPS) is 16.6. The van der Waals surface area contributed by atoms with Gasteiger partial charge in [0.25, 0.3) is 0 Å². The van der Waals surface area contributed by atoms with E-state index in [0.29, 0.717) is 24.0 Å². The summed E-state index contributed by atoms with van der Waals surface area (Å²) < 4.78 is 0. The highest BCUT2D eigenvalue weighted by Gasteiger charge is 2.18. The van der Waals surface area contributed by atoms with Crippen molar-refractivity contribution >= 4 is 5.95 Å². The first-order chi connectivity index (χ1) is 10.7. The average Bonchev–Trinajstić information content (AvgIpc) is 3.07. The zero-order valence-electron chi connectivity index (χ0n) is 12.4. The number of anilines is 1. The fourth-order valence-electron chi connectivity index (χ4n) is 2.94. The van der Waals surface area contributed by atoms with Crippen LogP contribution < -0.4 is 5.32 Å². The van der Waals surface area contributed by atoms with Gasteiger partial charge in [-0.05, 0) is 36.6 Å². The Morgan fingerprint density at radius 1 is 1.23 bits per heavy atom. The summed E-state index contributed by atoms with van der Waals surface area (Å²) in [6.45, 7) is 0.303. The Morgan fingerprint density at radius 3 is 2.82 bits per heavy atom. The minimum atomic E-state index is -0.717. The molecule has 2 aromatic rings. The first-order valence-corrected chi connectivity index (χ1v) is 7.76. The Bertz CT molecular complexity index is 627. The number of hydrogen-bond donors (Lipinski definition) is 3. The Balaban J connectivity index is 1.62. The monoisotopic (exact) mass is 299 g/mol. The molecule has 1 aromatic carbocycles. The van der Waals surface area contributed by atoms with Crippen molar-refractivity contribution < 1.29 is 10.2 Å². The topological polar surface area (TPSA) is 78.3 Å². The highest BCUT2D eigenvalue weighted by atomic mass is 16.3. The maximum atomic E-state index is 10.2. The van der Waals surface area contributed by atoms with E-state index in [1.165, 1.54) is 25.7 Å². The highest BCUT2D eigenvalue weighted by molar-refractivity contribution is 5.31. The van der Waals surface area contributed by atoms with Crippen molar-refractivity contribution in [3.63, 3.8) is 0 Å². The van der Waals surface area contributed by atoms with Gasteiger partial charge in [-0.25, -0.2) is 9.97 Å². The maximum Gasteiger partial charge on any atom is 0.222 e. The lowest BCUT2D eigenvalue weighted by Crippen LogP contribution is -2.14. The number of aromatic hydroxyl groups is 1. The minimum absolute atomic E-state index is 0.149. The fraction of sp³-hybridized carbons (Fsp3) is 0.412. The van der Waals surface area contributed by atoms with E-state index in [9.17, 15) is 10.2 Å². The van der Waals surface area contributed by atoms with E-state index < -0.39 is 6.10 Å². The summed E-state index contributed by atoms with van der Waals surface area (Å²) >= 11 is 0. The molecule has 1 aromatic heterocycles. The van der Waals surface area contributed by atoms with Crippen LogP contribution in [-0.2, 0) is 0 Å². The number of phenolic OH excluding ortho intramolecular Hbond substituents is 1. The van der Waals surface area contributed by atoms with E-state index in [1.807, 2.05) is 6.07 Å². The first-order valence-electron chi connectivity index (χ1n) is 7.76. The zero-order chi connectivity index (χ0) is 15.4. The summed E-state index contributed by atoms with van der Waals surface area (Å²) in [5, 5.41) is 22.7. The predicted molar refractivity (Wildman–Crippen MR) is 84.8 cm³/mol. The van der Waals surface area contributed by atoms with Crippen LogP contribution in [0.25, 0.3) is 0 Å². The number of aromatic nitrogens is 2. The number of aliphatic hydroxyl groups excluding tert-OH is 1. The van der Waals surface area contributed by atoms with Gasteiger partial charge < -0.3 is 15.5 Å². The number of rotatable bonds is 5. The molecule has 1 atom stereocenters. The second-order valence-corrected chi connectivity index (χ2v) is 5.78. The Labute approximate surface area is 130 Å². The molecule has 0 spiro atoms. The van der Waals surface area contributed by atoms with Gasteiger partial charge >= 0.3 is 0 Å². The average molecular weight is 299 g/mol. The van der Waals surface area contributed by atoms with E-state index in [0.717, 1.165) is 5.69 Å².